The van der Waals surface area contributed by atoms with Gasteiger partial charge >= 0.3 is 0 Å². The van der Waals surface area contributed by atoms with Crippen molar-refractivity contribution in [2.75, 3.05) is 0 Å². The molecule has 1 unspecified atom stereocenters. The lowest BCUT2D eigenvalue weighted by Crippen LogP contribution is -2.02. The van der Waals surface area contributed by atoms with Gasteiger partial charge in [-0.1, -0.05) is 59.3 Å². The lowest BCUT2D eigenvalue weighted by atomic mass is 9.91. The Morgan fingerprint density at radius 3 is 1.86 bits per heavy atom. The molecular weight excluding hydrogens is 172 g/mol. The Hall–Kier alpha value is -0.330. The minimum Gasteiger partial charge on any atom is -0.303 e. The fraction of sp³-hybridized carbons (Fsp3) is 0.923. The maximum Gasteiger partial charge on any atom is 0.120 e. The zero-order valence-electron chi connectivity index (χ0n) is 10.1. The Kier molecular flexibility index (Phi) is 9.02. The van der Waals surface area contributed by atoms with Gasteiger partial charge in [-0.3, -0.25) is 0 Å². The van der Waals surface area contributed by atoms with Crippen LogP contribution in [0.25, 0.3) is 0 Å². The standard InChI is InChI=1S/C13H26O/c1-4-12(5-2)8-7-9-13(6-3)10-11-14/h11-13H,4-10H2,1-3H3. The molecule has 0 fully saturated rings. The lowest BCUT2D eigenvalue weighted by Gasteiger charge is -2.15. The first-order valence-electron chi connectivity index (χ1n) is 6.21. The number of carbonyl (C=O) groups excluding carboxylic acids is 1. The summed E-state index contributed by atoms with van der Waals surface area (Å²) in [5.41, 5.74) is 0. The molecule has 0 spiro atoms. The smallest absolute Gasteiger partial charge is 0.120 e. The predicted molar refractivity (Wildman–Crippen MR) is 62.4 cm³/mol. The summed E-state index contributed by atoms with van der Waals surface area (Å²) in [6.07, 6.45) is 9.50. The maximum absolute atomic E-state index is 10.4. The van der Waals surface area contributed by atoms with Crippen molar-refractivity contribution in [2.24, 2.45) is 11.8 Å². The van der Waals surface area contributed by atoms with Crippen LogP contribution in [-0.2, 0) is 4.79 Å². The molecule has 0 radical (unpaired) electrons. The summed E-state index contributed by atoms with van der Waals surface area (Å²) in [5, 5.41) is 0. The molecule has 0 saturated heterocycles. The average molecular weight is 198 g/mol. The van der Waals surface area contributed by atoms with Crippen molar-refractivity contribution in [1.29, 1.82) is 0 Å². The predicted octanol–water partition coefficient (Wildman–Crippen LogP) is 4.21. The number of aldehydes is 1. The second kappa shape index (κ2) is 9.23. The van der Waals surface area contributed by atoms with Gasteiger partial charge in [0.1, 0.15) is 6.29 Å². The Morgan fingerprint density at radius 2 is 1.43 bits per heavy atom. The average Bonchev–Trinajstić information content (AvgIpc) is 2.23. The van der Waals surface area contributed by atoms with Crippen molar-refractivity contribution in [1.82, 2.24) is 0 Å². The number of carbonyl (C=O) groups is 1. The first-order chi connectivity index (χ1) is 6.78. The van der Waals surface area contributed by atoms with E-state index < -0.39 is 0 Å². The molecule has 0 aromatic carbocycles. The fourth-order valence-electron chi connectivity index (χ4n) is 2.02. The Balaban J connectivity index is 3.53. The van der Waals surface area contributed by atoms with Crippen molar-refractivity contribution < 1.29 is 4.79 Å². The van der Waals surface area contributed by atoms with E-state index in [1.165, 1.54) is 32.1 Å². The van der Waals surface area contributed by atoms with Crippen LogP contribution >= 0.6 is 0 Å². The van der Waals surface area contributed by atoms with Gasteiger partial charge in [0.2, 0.25) is 0 Å². The van der Waals surface area contributed by atoms with Crippen LogP contribution in [0.4, 0.5) is 0 Å². The molecule has 0 bridgehead atoms. The highest BCUT2D eigenvalue weighted by Gasteiger charge is 2.07. The van der Waals surface area contributed by atoms with Gasteiger partial charge in [-0.15, -0.1) is 0 Å². The molecule has 0 aliphatic rings. The molecule has 1 nitrogen and oxygen atoms in total. The topological polar surface area (TPSA) is 17.1 Å². The summed E-state index contributed by atoms with van der Waals surface area (Å²) < 4.78 is 0. The molecule has 0 rings (SSSR count). The first kappa shape index (κ1) is 13.7. The van der Waals surface area contributed by atoms with Gasteiger partial charge in [-0.2, -0.15) is 0 Å². The van der Waals surface area contributed by atoms with Gasteiger partial charge < -0.3 is 4.79 Å². The number of hydrogen-bond donors (Lipinski definition) is 0. The third-order valence-electron chi connectivity index (χ3n) is 3.39. The van der Waals surface area contributed by atoms with Crippen molar-refractivity contribution in [3.05, 3.63) is 0 Å². The fourth-order valence-corrected chi connectivity index (χ4v) is 2.02. The molecule has 14 heavy (non-hydrogen) atoms. The van der Waals surface area contributed by atoms with Gasteiger partial charge in [0, 0.05) is 6.42 Å². The largest absolute Gasteiger partial charge is 0.303 e. The quantitative estimate of drug-likeness (QED) is 0.507. The summed E-state index contributed by atoms with van der Waals surface area (Å²) in [7, 11) is 0. The van der Waals surface area contributed by atoms with Crippen LogP contribution in [0.2, 0.25) is 0 Å². The van der Waals surface area contributed by atoms with E-state index in [4.69, 9.17) is 0 Å². The third kappa shape index (κ3) is 6.17. The SMILES string of the molecule is CCC(CC)CCCC(CC)CC=O. The summed E-state index contributed by atoms with van der Waals surface area (Å²) in [6, 6.07) is 0. The van der Waals surface area contributed by atoms with Gasteiger partial charge in [-0.25, -0.2) is 0 Å². The first-order valence-corrected chi connectivity index (χ1v) is 6.21. The van der Waals surface area contributed by atoms with E-state index in [2.05, 4.69) is 20.8 Å². The summed E-state index contributed by atoms with van der Waals surface area (Å²) in [6.45, 7) is 6.74. The van der Waals surface area contributed by atoms with Crippen LogP contribution < -0.4 is 0 Å². The van der Waals surface area contributed by atoms with E-state index in [0.717, 1.165) is 25.0 Å². The van der Waals surface area contributed by atoms with Crippen LogP contribution in [0, 0.1) is 11.8 Å². The third-order valence-corrected chi connectivity index (χ3v) is 3.39. The Labute approximate surface area is 89.3 Å². The van der Waals surface area contributed by atoms with Crippen LogP contribution in [0.5, 0.6) is 0 Å². The van der Waals surface area contributed by atoms with Gasteiger partial charge in [0.05, 0.1) is 0 Å². The second-order valence-corrected chi connectivity index (χ2v) is 4.29. The molecule has 0 saturated carbocycles. The Morgan fingerprint density at radius 1 is 0.929 bits per heavy atom. The summed E-state index contributed by atoms with van der Waals surface area (Å²) >= 11 is 0. The highest BCUT2D eigenvalue weighted by Crippen LogP contribution is 2.20. The molecule has 0 aromatic rings. The molecule has 1 atom stereocenters. The highest BCUT2D eigenvalue weighted by molar-refractivity contribution is 5.49. The van der Waals surface area contributed by atoms with E-state index in [1.54, 1.807) is 0 Å². The summed E-state index contributed by atoms with van der Waals surface area (Å²) in [4.78, 5) is 10.4. The zero-order valence-corrected chi connectivity index (χ0v) is 10.1. The highest BCUT2D eigenvalue weighted by atomic mass is 16.1. The number of rotatable bonds is 9. The normalized spacial score (nSPS) is 13.1. The lowest BCUT2D eigenvalue weighted by molar-refractivity contribution is -0.108. The van der Waals surface area contributed by atoms with Crippen molar-refractivity contribution in [3.8, 4) is 0 Å². The second-order valence-electron chi connectivity index (χ2n) is 4.29. The van der Waals surface area contributed by atoms with E-state index in [0.29, 0.717) is 5.92 Å². The van der Waals surface area contributed by atoms with Gasteiger partial charge in [0.25, 0.3) is 0 Å². The van der Waals surface area contributed by atoms with Crippen molar-refractivity contribution in [3.63, 3.8) is 0 Å². The minimum absolute atomic E-state index is 0.641. The molecule has 84 valence electrons. The van der Waals surface area contributed by atoms with Gasteiger partial charge in [0.15, 0.2) is 0 Å². The van der Waals surface area contributed by atoms with Crippen LogP contribution in [-0.4, -0.2) is 6.29 Å². The molecule has 0 aliphatic heterocycles. The molecule has 0 aliphatic carbocycles. The minimum atomic E-state index is 0.641. The Bertz CT molecular complexity index is 127. The maximum atomic E-state index is 10.4. The summed E-state index contributed by atoms with van der Waals surface area (Å²) in [5.74, 6) is 1.55. The molecule has 0 amide bonds. The van der Waals surface area contributed by atoms with E-state index in [1.807, 2.05) is 0 Å². The van der Waals surface area contributed by atoms with E-state index in [9.17, 15) is 4.79 Å². The van der Waals surface area contributed by atoms with E-state index in [-0.39, 0.29) is 0 Å². The molecule has 1 heteroatoms. The van der Waals surface area contributed by atoms with Crippen molar-refractivity contribution in [2.45, 2.75) is 65.7 Å². The monoisotopic (exact) mass is 198 g/mol. The van der Waals surface area contributed by atoms with Crippen molar-refractivity contribution >= 4 is 6.29 Å². The number of hydrogen-bond acceptors (Lipinski definition) is 1. The molecule has 0 aromatic heterocycles. The van der Waals surface area contributed by atoms with Gasteiger partial charge in [-0.05, 0) is 11.8 Å². The van der Waals surface area contributed by atoms with Crippen LogP contribution in [0.1, 0.15) is 65.7 Å². The zero-order chi connectivity index (χ0) is 10.8. The van der Waals surface area contributed by atoms with E-state index >= 15 is 0 Å². The molecular formula is C13H26O. The van der Waals surface area contributed by atoms with Crippen LogP contribution in [0.3, 0.4) is 0 Å². The molecule has 0 heterocycles. The molecule has 0 N–H and O–H groups in total. The van der Waals surface area contributed by atoms with Crippen LogP contribution in [0.15, 0.2) is 0 Å².